The minimum absolute atomic E-state index is 0.0159. The number of anilines is 1. The van der Waals surface area contributed by atoms with Crippen molar-refractivity contribution in [3.05, 3.63) is 52.7 Å². The van der Waals surface area contributed by atoms with Crippen molar-refractivity contribution in [3.8, 4) is 5.75 Å². The van der Waals surface area contributed by atoms with Gasteiger partial charge in [-0.05, 0) is 18.2 Å². The first-order valence-electron chi connectivity index (χ1n) is 8.16. The normalized spacial score (nSPS) is 15.0. The summed E-state index contributed by atoms with van der Waals surface area (Å²) in [6, 6.07) is 10.7. The van der Waals surface area contributed by atoms with Gasteiger partial charge in [0.25, 0.3) is 0 Å². The number of aliphatic imine (C=N–C) groups is 1. The maximum absolute atomic E-state index is 11.1. The quantitative estimate of drug-likeness (QED) is 0.385. The maximum Gasteiger partial charge on any atom is 0.313 e. The Balaban J connectivity index is 1.71. The summed E-state index contributed by atoms with van der Waals surface area (Å²) in [5.74, 6) is 1.07. The second-order valence-corrected chi connectivity index (χ2v) is 5.72. The molecule has 1 aromatic carbocycles. The molecule has 0 atom stereocenters. The first kappa shape index (κ1) is 17.5. The zero-order valence-corrected chi connectivity index (χ0v) is 14.4. The van der Waals surface area contributed by atoms with Crippen LogP contribution in [0.1, 0.15) is 0 Å². The molecule has 0 saturated carbocycles. The van der Waals surface area contributed by atoms with Gasteiger partial charge in [0.1, 0.15) is 5.75 Å². The molecule has 1 aliphatic rings. The van der Waals surface area contributed by atoms with Crippen molar-refractivity contribution in [3.63, 3.8) is 0 Å². The molecule has 2 aromatic rings. The van der Waals surface area contributed by atoms with Crippen LogP contribution in [0.4, 0.5) is 17.2 Å². The van der Waals surface area contributed by atoms with Gasteiger partial charge in [0.05, 0.1) is 17.7 Å². The Morgan fingerprint density at radius 2 is 1.96 bits per heavy atom. The lowest BCUT2D eigenvalue weighted by atomic mass is 10.2. The molecule has 0 aliphatic carbocycles. The van der Waals surface area contributed by atoms with E-state index < -0.39 is 4.92 Å². The summed E-state index contributed by atoms with van der Waals surface area (Å²) >= 11 is 0. The summed E-state index contributed by atoms with van der Waals surface area (Å²) in [6.07, 6.45) is 1.46. The second kappa shape index (κ2) is 7.68. The molecule has 0 bridgehead atoms. The van der Waals surface area contributed by atoms with E-state index >= 15 is 0 Å². The van der Waals surface area contributed by atoms with Crippen LogP contribution in [0.3, 0.4) is 0 Å². The highest BCUT2D eigenvalue weighted by Gasteiger charge is 2.22. The predicted molar refractivity (Wildman–Crippen MR) is 99.0 cm³/mol. The van der Waals surface area contributed by atoms with Crippen molar-refractivity contribution in [1.82, 2.24) is 9.88 Å². The number of pyridine rings is 1. The fourth-order valence-electron chi connectivity index (χ4n) is 2.86. The molecule has 1 fully saturated rings. The Morgan fingerprint density at radius 1 is 1.23 bits per heavy atom. The van der Waals surface area contributed by atoms with Crippen LogP contribution in [-0.4, -0.2) is 54.1 Å². The average Bonchev–Trinajstić information content (AvgIpc) is 2.68. The summed E-state index contributed by atoms with van der Waals surface area (Å²) in [7, 11) is 1.65. The topological polar surface area (TPSA) is 110 Å². The number of hydrogen-bond acceptors (Lipinski definition) is 6. The Morgan fingerprint density at radius 3 is 2.65 bits per heavy atom. The summed E-state index contributed by atoms with van der Waals surface area (Å²) < 4.78 is 5.41. The Bertz CT molecular complexity index is 818. The first-order chi connectivity index (χ1) is 12.6. The monoisotopic (exact) mass is 356 g/mol. The third-order valence-electron chi connectivity index (χ3n) is 4.21. The van der Waals surface area contributed by atoms with Crippen LogP contribution in [0.25, 0.3) is 0 Å². The van der Waals surface area contributed by atoms with Crippen LogP contribution in [0.15, 0.2) is 47.6 Å². The van der Waals surface area contributed by atoms with Gasteiger partial charge in [-0.25, -0.2) is 4.98 Å². The molecule has 9 heteroatoms. The van der Waals surface area contributed by atoms with Gasteiger partial charge >= 0.3 is 5.69 Å². The Kier molecular flexibility index (Phi) is 5.16. The van der Waals surface area contributed by atoms with Gasteiger partial charge < -0.3 is 20.3 Å². The number of methoxy groups -OCH3 is 1. The van der Waals surface area contributed by atoms with Crippen LogP contribution in [-0.2, 0) is 0 Å². The molecule has 26 heavy (non-hydrogen) atoms. The Labute approximate surface area is 150 Å². The van der Waals surface area contributed by atoms with Gasteiger partial charge in [-0.15, -0.1) is 0 Å². The van der Waals surface area contributed by atoms with Crippen molar-refractivity contribution in [2.24, 2.45) is 10.7 Å². The Hall–Kier alpha value is -3.36. The number of nitro groups is 1. The molecule has 0 amide bonds. The minimum Gasteiger partial charge on any atom is -0.495 e. The van der Waals surface area contributed by atoms with Gasteiger partial charge in [0, 0.05) is 38.4 Å². The van der Waals surface area contributed by atoms with Crippen LogP contribution < -0.4 is 15.4 Å². The summed E-state index contributed by atoms with van der Waals surface area (Å²) in [6.45, 7) is 2.77. The van der Waals surface area contributed by atoms with Gasteiger partial charge in [0.2, 0.25) is 5.82 Å². The zero-order chi connectivity index (χ0) is 18.5. The minimum atomic E-state index is -0.515. The lowest BCUT2D eigenvalue weighted by Gasteiger charge is -2.37. The van der Waals surface area contributed by atoms with Gasteiger partial charge in [-0.3, -0.25) is 10.1 Å². The number of nitrogens with two attached hydrogens (primary N) is 1. The van der Waals surface area contributed by atoms with Crippen LogP contribution in [0, 0.1) is 10.1 Å². The van der Waals surface area contributed by atoms with E-state index in [0.717, 1.165) is 24.5 Å². The molecule has 1 saturated heterocycles. The summed E-state index contributed by atoms with van der Waals surface area (Å²) in [5.41, 5.74) is 6.93. The van der Waals surface area contributed by atoms with E-state index in [1.807, 2.05) is 29.2 Å². The number of ether oxygens (including phenoxy) is 1. The molecule has 2 N–H and O–H groups in total. The molecular weight excluding hydrogens is 336 g/mol. The highest BCUT2D eigenvalue weighted by Crippen LogP contribution is 2.28. The lowest BCUT2D eigenvalue weighted by molar-refractivity contribution is -0.384. The van der Waals surface area contributed by atoms with Gasteiger partial charge in [-0.2, -0.15) is 4.99 Å². The molecule has 9 nitrogen and oxygen atoms in total. The van der Waals surface area contributed by atoms with Crippen molar-refractivity contribution in [2.75, 3.05) is 38.2 Å². The van der Waals surface area contributed by atoms with E-state index in [0.29, 0.717) is 13.1 Å². The van der Waals surface area contributed by atoms with Crippen LogP contribution in [0.5, 0.6) is 5.75 Å². The number of benzene rings is 1. The molecule has 3 rings (SSSR count). The summed E-state index contributed by atoms with van der Waals surface area (Å²) in [4.78, 5) is 22.8. The van der Waals surface area contributed by atoms with Crippen molar-refractivity contribution in [2.45, 2.75) is 0 Å². The number of aromatic nitrogens is 1. The maximum atomic E-state index is 11.1. The summed E-state index contributed by atoms with van der Waals surface area (Å²) in [5, 5.41) is 11.1. The van der Waals surface area contributed by atoms with E-state index in [2.05, 4.69) is 14.9 Å². The third-order valence-corrected chi connectivity index (χ3v) is 4.21. The molecular formula is C17H20N6O3. The highest BCUT2D eigenvalue weighted by atomic mass is 16.6. The number of guanidine groups is 1. The number of nitrogens with zero attached hydrogens (tertiary/aromatic N) is 5. The van der Waals surface area contributed by atoms with E-state index in [1.165, 1.54) is 18.3 Å². The van der Waals surface area contributed by atoms with Crippen LogP contribution in [0.2, 0.25) is 0 Å². The fraction of sp³-hybridized carbons (Fsp3) is 0.294. The third kappa shape index (κ3) is 3.66. The fourth-order valence-corrected chi connectivity index (χ4v) is 2.86. The number of hydrogen-bond donors (Lipinski definition) is 1. The first-order valence-corrected chi connectivity index (χ1v) is 8.16. The predicted octanol–water partition coefficient (Wildman–Crippen LogP) is 1.77. The van der Waals surface area contributed by atoms with Crippen molar-refractivity contribution in [1.29, 1.82) is 0 Å². The molecule has 1 aliphatic heterocycles. The van der Waals surface area contributed by atoms with Gasteiger partial charge in [-0.1, -0.05) is 12.1 Å². The smallest absolute Gasteiger partial charge is 0.313 e. The molecule has 1 aromatic heterocycles. The number of piperazine rings is 1. The van der Waals surface area contributed by atoms with E-state index in [-0.39, 0.29) is 17.5 Å². The molecule has 2 heterocycles. The standard InChI is InChI=1S/C17H20N6O3/c1-26-15-7-3-2-5-13(15)21-9-11-22(12-10-21)17(18)20-16-14(23(24)25)6-4-8-19-16/h2-8H,9-12H2,1H3,(H2,18,19,20). The lowest BCUT2D eigenvalue weighted by Crippen LogP contribution is -2.51. The molecule has 0 unspecified atom stereocenters. The van der Waals surface area contributed by atoms with Crippen LogP contribution >= 0.6 is 0 Å². The average molecular weight is 356 g/mol. The molecule has 0 spiro atoms. The van der Waals surface area contributed by atoms with Gasteiger partial charge in [0.15, 0.2) is 5.96 Å². The zero-order valence-electron chi connectivity index (χ0n) is 14.4. The van der Waals surface area contributed by atoms with Crippen molar-refractivity contribution < 1.29 is 9.66 Å². The largest absolute Gasteiger partial charge is 0.495 e. The van der Waals surface area contributed by atoms with Crippen molar-refractivity contribution >= 4 is 23.2 Å². The SMILES string of the molecule is COc1ccccc1N1CCN(/C(N)=N/c2ncccc2[N+](=O)[O-])CC1. The number of rotatable bonds is 4. The van der Waals surface area contributed by atoms with E-state index in [9.17, 15) is 10.1 Å². The molecule has 0 radical (unpaired) electrons. The van der Waals surface area contributed by atoms with E-state index in [1.54, 1.807) is 7.11 Å². The number of para-hydroxylation sites is 2. The van der Waals surface area contributed by atoms with E-state index in [4.69, 9.17) is 10.5 Å². The second-order valence-electron chi connectivity index (χ2n) is 5.72. The highest BCUT2D eigenvalue weighted by molar-refractivity contribution is 5.82. The molecule has 136 valence electrons.